The molecule has 0 spiro atoms. The van der Waals surface area contributed by atoms with Crippen LogP contribution < -0.4 is 9.47 Å². The van der Waals surface area contributed by atoms with Crippen LogP contribution in [0, 0.1) is 0 Å². The van der Waals surface area contributed by atoms with E-state index >= 15 is 0 Å². The van der Waals surface area contributed by atoms with Crippen LogP contribution in [-0.2, 0) is 17.9 Å². The Labute approximate surface area is 163 Å². The van der Waals surface area contributed by atoms with Crippen molar-refractivity contribution in [2.75, 3.05) is 20.3 Å². The molecule has 0 aliphatic rings. The molecule has 152 valence electrons. The molecule has 0 radical (unpaired) electrons. The number of methoxy groups -OCH3 is 1. The smallest absolute Gasteiger partial charge is 0.161 e. The van der Waals surface area contributed by atoms with Crippen molar-refractivity contribution in [3.63, 3.8) is 0 Å². The predicted octanol–water partition coefficient (Wildman–Crippen LogP) is 1.67. The molecule has 2 rings (SSSR count). The van der Waals surface area contributed by atoms with Crippen LogP contribution in [0.4, 0.5) is 0 Å². The lowest BCUT2D eigenvalue weighted by Gasteiger charge is -2.10. The van der Waals surface area contributed by atoms with E-state index in [9.17, 15) is 5.11 Å². The third-order valence-electron chi connectivity index (χ3n) is 3.58. The van der Waals surface area contributed by atoms with E-state index in [0.717, 1.165) is 5.56 Å². The zero-order valence-corrected chi connectivity index (χ0v) is 15.9. The second-order valence-electron chi connectivity index (χ2n) is 5.79. The number of benzene rings is 1. The predicted molar refractivity (Wildman–Crippen MR) is 102 cm³/mol. The van der Waals surface area contributed by atoms with Gasteiger partial charge in [-0.1, -0.05) is 17.4 Å². The maximum Gasteiger partial charge on any atom is 0.161 e. The molecular weight excluding hydrogens is 366 g/mol. The standard InChI is InChI=1S/C19H25N3O6/c1-14(24)27-10-8-22-12-16(20-21-22)13-28-18-6-4-15(11-19(18)26-2)3-5-17(25)7-9-23/h3-7,11-12,14,23-25H,8-10,13H2,1-2H3/b5-3+,17-7-. The van der Waals surface area contributed by atoms with E-state index in [4.69, 9.17) is 24.4 Å². The van der Waals surface area contributed by atoms with Gasteiger partial charge in [-0.2, -0.15) is 0 Å². The maximum absolute atomic E-state index is 9.51. The minimum Gasteiger partial charge on any atom is -0.508 e. The van der Waals surface area contributed by atoms with Crippen molar-refractivity contribution in [2.45, 2.75) is 26.4 Å². The summed E-state index contributed by atoms with van der Waals surface area (Å²) in [5, 5.41) is 35.3. The number of aromatic nitrogens is 3. The first-order chi connectivity index (χ1) is 13.5. The number of rotatable bonds is 11. The molecule has 0 aliphatic heterocycles. The van der Waals surface area contributed by atoms with Gasteiger partial charge in [0.15, 0.2) is 17.8 Å². The maximum atomic E-state index is 9.51. The summed E-state index contributed by atoms with van der Waals surface area (Å²) in [5.74, 6) is 1.05. The fourth-order valence-corrected chi connectivity index (χ4v) is 2.23. The van der Waals surface area contributed by atoms with Gasteiger partial charge in [0.1, 0.15) is 18.1 Å². The lowest BCUT2D eigenvalue weighted by Crippen LogP contribution is -2.12. The zero-order valence-electron chi connectivity index (χ0n) is 15.9. The highest BCUT2D eigenvalue weighted by Crippen LogP contribution is 2.29. The first-order valence-corrected chi connectivity index (χ1v) is 8.69. The highest BCUT2D eigenvalue weighted by Gasteiger charge is 2.08. The molecule has 9 nitrogen and oxygen atoms in total. The molecule has 1 atom stereocenters. The van der Waals surface area contributed by atoms with E-state index in [-0.39, 0.29) is 19.0 Å². The van der Waals surface area contributed by atoms with Crippen LogP contribution in [0.5, 0.6) is 11.5 Å². The highest BCUT2D eigenvalue weighted by atomic mass is 16.6. The second kappa shape index (κ2) is 11.1. The molecule has 3 N–H and O–H groups in total. The van der Waals surface area contributed by atoms with Crippen LogP contribution in [-0.4, -0.2) is 56.9 Å². The molecule has 0 amide bonds. The number of aliphatic hydroxyl groups excluding tert-OH is 3. The van der Waals surface area contributed by atoms with Crippen molar-refractivity contribution in [2.24, 2.45) is 0 Å². The zero-order chi connectivity index (χ0) is 20.4. The fourth-order valence-electron chi connectivity index (χ4n) is 2.23. The van der Waals surface area contributed by atoms with Crippen molar-refractivity contribution in [3.05, 3.63) is 53.6 Å². The monoisotopic (exact) mass is 391 g/mol. The van der Waals surface area contributed by atoms with Crippen LogP contribution in [0.2, 0.25) is 0 Å². The molecule has 0 saturated heterocycles. The van der Waals surface area contributed by atoms with Gasteiger partial charge in [-0.25, -0.2) is 4.68 Å². The van der Waals surface area contributed by atoms with Crippen molar-refractivity contribution in [1.29, 1.82) is 0 Å². The summed E-state index contributed by atoms with van der Waals surface area (Å²) in [6, 6.07) is 5.33. The van der Waals surface area contributed by atoms with Gasteiger partial charge in [0, 0.05) is 0 Å². The normalized spacial score (nSPS) is 13.1. The molecule has 1 unspecified atom stereocenters. The van der Waals surface area contributed by atoms with E-state index < -0.39 is 6.29 Å². The number of ether oxygens (including phenoxy) is 3. The summed E-state index contributed by atoms with van der Waals surface area (Å²) in [6.45, 7) is 2.32. The van der Waals surface area contributed by atoms with Crippen molar-refractivity contribution >= 4 is 6.08 Å². The number of hydrogen-bond acceptors (Lipinski definition) is 8. The number of nitrogens with zero attached hydrogens (tertiary/aromatic N) is 3. The Kier molecular flexibility index (Phi) is 8.47. The van der Waals surface area contributed by atoms with Gasteiger partial charge in [0.05, 0.1) is 33.1 Å². The van der Waals surface area contributed by atoms with Crippen LogP contribution in [0.25, 0.3) is 6.08 Å². The van der Waals surface area contributed by atoms with E-state index in [1.54, 1.807) is 36.0 Å². The summed E-state index contributed by atoms with van der Waals surface area (Å²) in [7, 11) is 1.54. The van der Waals surface area contributed by atoms with Gasteiger partial charge < -0.3 is 29.5 Å². The van der Waals surface area contributed by atoms with Gasteiger partial charge in [-0.3, -0.25) is 0 Å². The molecular formula is C19H25N3O6. The van der Waals surface area contributed by atoms with Gasteiger partial charge in [0.2, 0.25) is 0 Å². The third-order valence-corrected chi connectivity index (χ3v) is 3.58. The molecule has 0 fully saturated rings. The topological polar surface area (TPSA) is 119 Å². The van der Waals surface area contributed by atoms with Gasteiger partial charge in [0.25, 0.3) is 0 Å². The number of hydrogen-bond donors (Lipinski definition) is 3. The summed E-state index contributed by atoms with van der Waals surface area (Å²) in [6.07, 6.45) is 5.38. The largest absolute Gasteiger partial charge is 0.508 e. The Balaban J connectivity index is 1.95. The lowest BCUT2D eigenvalue weighted by molar-refractivity contribution is -0.0877. The van der Waals surface area contributed by atoms with Crippen molar-refractivity contribution in [3.8, 4) is 11.5 Å². The molecule has 0 saturated carbocycles. The number of aliphatic hydroxyl groups is 3. The van der Waals surface area contributed by atoms with Gasteiger partial charge in [-0.05, 0) is 36.8 Å². The first kappa shape index (κ1) is 21.4. The van der Waals surface area contributed by atoms with E-state index in [0.29, 0.717) is 30.3 Å². The van der Waals surface area contributed by atoms with Gasteiger partial charge >= 0.3 is 0 Å². The van der Waals surface area contributed by atoms with Crippen LogP contribution in [0.3, 0.4) is 0 Å². The van der Waals surface area contributed by atoms with Crippen molar-refractivity contribution < 1.29 is 29.5 Å². The SMILES string of the molecule is COc1cc(/C=C/C(O)=C/CO)ccc1OCc1cn(CCOC(C)O)nn1. The van der Waals surface area contributed by atoms with E-state index in [1.165, 1.54) is 19.3 Å². The summed E-state index contributed by atoms with van der Waals surface area (Å²) in [4.78, 5) is 0. The summed E-state index contributed by atoms with van der Waals surface area (Å²) in [5.41, 5.74) is 1.44. The highest BCUT2D eigenvalue weighted by molar-refractivity contribution is 5.57. The first-order valence-electron chi connectivity index (χ1n) is 8.69. The van der Waals surface area contributed by atoms with Gasteiger partial charge in [-0.15, -0.1) is 5.10 Å². The minimum atomic E-state index is -0.814. The fraction of sp³-hybridized carbons (Fsp3) is 0.368. The van der Waals surface area contributed by atoms with Crippen molar-refractivity contribution in [1.82, 2.24) is 15.0 Å². The molecule has 1 aromatic heterocycles. The van der Waals surface area contributed by atoms with Crippen LogP contribution >= 0.6 is 0 Å². The Bertz CT molecular complexity index is 801. The third kappa shape index (κ3) is 7.03. The molecule has 1 heterocycles. The lowest BCUT2D eigenvalue weighted by atomic mass is 10.2. The molecule has 0 bridgehead atoms. The van der Waals surface area contributed by atoms with Crippen LogP contribution in [0.15, 0.2) is 42.3 Å². The molecule has 0 aliphatic carbocycles. The quantitative estimate of drug-likeness (QED) is 0.301. The molecule has 9 heteroatoms. The summed E-state index contributed by atoms with van der Waals surface area (Å²) < 4.78 is 17.8. The Morgan fingerprint density at radius 3 is 2.86 bits per heavy atom. The molecule has 2 aromatic rings. The molecule has 28 heavy (non-hydrogen) atoms. The average Bonchev–Trinajstić information content (AvgIpc) is 3.12. The summed E-state index contributed by atoms with van der Waals surface area (Å²) >= 11 is 0. The van der Waals surface area contributed by atoms with E-state index in [1.807, 2.05) is 6.07 Å². The minimum absolute atomic E-state index is 0.0243. The second-order valence-corrected chi connectivity index (χ2v) is 5.79. The van der Waals surface area contributed by atoms with E-state index in [2.05, 4.69) is 10.3 Å². The molecule has 1 aromatic carbocycles. The average molecular weight is 391 g/mol. The number of allylic oxidation sites excluding steroid dienone is 1. The Morgan fingerprint density at radius 1 is 1.32 bits per heavy atom. The van der Waals surface area contributed by atoms with Crippen LogP contribution in [0.1, 0.15) is 18.2 Å². The Hall–Kier alpha value is -2.88. The Morgan fingerprint density at radius 2 is 2.14 bits per heavy atom.